The molecule has 0 aliphatic heterocycles. The summed E-state index contributed by atoms with van der Waals surface area (Å²) in [5.74, 6) is -0.168. The number of hydrogen-bond donors (Lipinski definition) is 2. The molecular formula is C14H16ClN3O3S. The molecule has 0 unspecified atom stereocenters. The fourth-order valence-corrected chi connectivity index (χ4v) is 2.29. The Bertz CT molecular complexity index is 719. The maximum Gasteiger partial charge on any atom is 0.251 e. The van der Waals surface area contributed by atoms with Gasteiger partial charge in [0.05, 0.1) is 4.90 Å². The minimum atomic E-state index is -3.67. The summed E-state index contributed by atoms with van der Waals surface area (Å²) < 4.78 is 22.2. The van der Waals surface area contributed by atoms with E-state index in [9.17, 15) is 13.2 Å². The molecule has 0 fully saturated rings. The van der Waals surface area contributed by atoms with Crippen LogP contribution in [0.1, 0.15) is 15.9 Å². The predicted octanol–water partition coefficient (Wildman–Crippen LogP) is 1.12. The Kier molecular flexibility index (Phi) is 6.48. The van der Waals surface area contributed by atoms with Crippen LogP contribution in [0.5, 0.6) is 0 Å². The highest BCUT2D eigenvalue weighted by Crippen LogP contribution is 2.09. The number of carbonyl (C=O) groups is 1. The van der Waals surface area contributed by atoms with Crippen LogP contribution in [0.2, 0.25) is 0 Å². The number of pyridine rings is 1. The van der Waals surface area contributed by atoms with Gasteiger partial charge in [-0.1, -0.05) is 12.1 Å². The van der Waals surface area contributed by atoms with E-state index >= 15 is 0 Å². The highest BCUT2D eigenvalue weighted by Gasteiger charge is 2.07. The normalized spacial score (nSPS) is 10.6. The third-order valence-corrected chi connectivity index (χ3v) is 3.82. The first-order valence-electron chi connectivity index (χ1n) is 6.27. The van der Waals surface area contributed by atoms with Gasteiger partial charge in [-0.05, 0) is 36.2 Å². The Morgan fingerprint density at radius 1 is 1.09 bits per heavy atom. The van der Waals surface area contributed by atoms with Gasteiger partial charge in [0.15, 0.2) is 0 Å². The van der Waals surface area contributed by atoms with E-state index in [1.165, 1.54) is 12.1 Å². The number of halogens is 1. The molecule has 0 saturated heterocycles. The lowest BCUT2D eigenvalue weighted by molar-refractivity contribution is 0.0954. The molecule has 0 spiro atoms. The molecular weight excluding hydrogens is 326 g/mol. The monoisotopic (exact) mass is 341 g/mol. The van der Waals surface area contributed by atoms with E-state index in [1.54, 1.807) is 36.7 Å². The van der Waals surface area contributed by atoms with Crippen LogP contribution in [0, 0.1) is 0 Å². The summed E-state index contributed by atoms with van der Waals surface area (Å²) in [4.78, 5) is 15.7. The van der Waals surface area contributed by atoms with Gasteiger partial charge >= 0.3 is 0 Å². The minimum absolute atomic E-state index is 0. The van der Waals surface area contributed by atoms with E-state index < -0.39 is 10.0 Å². The molecule has 0 aliphatic carbocycles. The highest BCUT2D eigenvalue weighted by atomic mass is 35.5. The summed E-state index contributed by atoms with van der Waals surface area (Å²) in [6.45, 7) is 0.454. The molecule has 1 aromatic heterocycles. The average molecular weight is 342 g/mol. The molecule has 1 amide bonds. The van der Waals surface area contributed by atoms with Gasteiger partial charge in [0.1, 0.15) is 0 Å². The summed E-state index contributed by atoms with van der Waals surface area (Å²) in [5.41, 5.74) is 1.46. The summed E-state index contributed by atoms with van der Waals surface area (Å²) in [6.07, 6.45) is 3.71. The summed E-state index contributed by atoms with van der Waals surface area (Å²) >= 11 is 0. The molecule has 8 heteroatoms. The number of amides is 1. The molecule has 0 atom stereocenters. The van der Waals surface area contributed by atoms with Crippen LogP contribution < -0.4 is 10.5 Å². The van der Waals surface area contributed by atoms with Crippen molar-refractivity contribution in [3.63, 3.8) is 0 Å². The van der Waals surface area contributed by atoms with Gasteiger partial charge in [0, 0.05) is 24.5 Å². The molecule has 0 bridgehead atoms. The number of hydrogen-bond acceptors (Lipinski definition) is 4. The van der Waals surface area contributed by atoms with E-state index in [2.05, 4.69) is 10.3 Å². The standard InChI is InChI=1S/C14H15N3O3S.ClH/c15-21(19,20)13-3-1-11(2-4-13)5-10-17-14(18)12-6-8-16-9-7-12;/h1-4,6-9H,5,10H2,(H,17,18)(H2,15,19,20);1H. The molecule has 1 aromatic carbocycles. The maximum absolute atomic E-state index is 11.8. The van der Waals surface area contributed by atoms with Crippen LogP contribution in [0.4, 0.5) is 0 Å². The maximum atomic E-state index is 11.8. The first-order chi connectivity index (χ1) is 9.97. The second-order valence-corrected chi connectivity index (χ2v) is 5.99. The topological polar surface area (TPSA) is 102 Å². The van der Waals surface area contributed by atoms with Crippen LogP contribution in [0.15, 0.2) is 53.7 Å². The highest BCUT2D eigenvalue weighted by molar-refractivity contribution is 7.89. The lowest BCUT2D eigenvalue weighted by Gasteiger charge is -2.06. The van der Waals surface area contributed by atoms with Crippen molar-refractivity contribution in [1.29, 1.82) is 0 Å². The number of carbonyl (C=O) groups excluding carboxylic acids is 1. The first kappa shape index (κ1) is 18.1. The second kappa shape index (κ2) is 7.88. The number of primary sulfonamides is 1. The Morgan fingerprint density at radius 3 is 2.23 bits per heavy atom. The number of nitrogens with one attached hydrogen (secondary N) is 1. The van der Waals surface area contributed by atoms with Crippen LogP contribution >= 0.6 is 12.4 Å². The smallest absolute Gasteiger partial charge is 0.251 e. The van der Waals surface area contributed by atoms with Crippen LogP contribution in [-0.4, -0.2) is 25.9 Å². The molecule has 1 heterocycles. The van der Waals surface area contributed by atoms with Crippen molar-refractivity contribution in [3.05, 3.63) is 59.9 Å². The zero-order chi connectivity index (χ0) is 15.3. The van der Waals surface area contributed by atoms with Crippen molar-refractivity contribution < 1.29 is 13.2 Å². The largest absolute Gasteiger partial charge is 0.352 e. The van der Waals surface area contributed by atoms with E-state index in [-0.39, 0.29) is 23.2 Å². The molecule has 118 valence electrons. The van der Waals surface area contributed by atoms with Crippen molar-refractivity contribution in [3.8, 4) is 0 Å². The zero-order valence-electron chi connectivity index (χ0n) is 11.6. The molecule has 0 aliphatic rings. The number of benzene rings is 1. The number of nitrogens with two attached hydrogens (primary N) is 1. The molecule has 0 radical (unpaired) electrons. The van der Waals surface area contributed by atoms with Gasteiger partial charge in [0.25, 0.3) is 5.91 Å². The molecule has 6 nitrogen and oxygen atoms in total. The Morgan fingerprint density at radius 2 is 1.68 bits per heavy atom. The zero-order valence-corrected chi connectivity index (χ0v) is 13.2. The van der Waals surface area contributed by atoms with Crippen molar-refractivity contribution in [2.45, 2.75) is 11.3 Å². The van der Waals surface area contributed by atoms with E-state index in [0.717, 1.165) is 5.56 Å². The SMILES string of the molecule is Cl.NS(=O)(=O)c1ccc(CCNC(=O)c2ccncc2)cc1. The number of aromatic nitrogens is 1. The molecule has 2 aromatic rings. The van der Waals surface area contributed by atoms with E-state index in [1.807, 2.05) is 0 Å². The van der Waals surface area contributed by atoms with E-state index in [0.29, 0.717) is 18.5 Å². The predicted molar refractivity (Wildman–Crippen MR) is 85.3 cm³/mol. The Hall–Kier alpha value is -1.96. The molecule has 0 saturated carbocycles. The van der Waals surface area contributed by atoms with Gasteiger partial charge in [-0.3, -0.25) is 9.78 Å². The van der Waals surface area contributed by atoms with Crippen molar-refractivity contribution in [2.24, 2.45) is 5.14 Å². The lowest BCUT2D eigenvalue weighted by Crippen LogP contribution is -2.25. The van der Waals surface area contributed by atoms with Gasteiger partial charge in [-0.15, -0.1) is 12.4 Å². The molecule has 22 heavy (non-hydrogen) atoms. The summed E-state index contributed by atoms with van der Waals surface area (Å²) in [5, 5.41) is 7.80. The third kappa shape index (κ3) is 5.10. The van der Waals surface area contributed by atoms with Crippen molar-refractivity contribution in [1.82, 2.24) is 10.3 Å². The first-order valence-corrected chi connectivity index (χ1v) is 7.81. The number of sulfonamides is 1. The minimum Gasteiger partial charge on any atom is -0.352 e. The van der Waals surface area contributed by atoms with Gasteiger partial charge in [-0.2, -0.15) is 0 Å². The Balaban J connectivity index is 0.00000242. The second-order valence-electron chi connectivity index (χ2n) is 4.43. The summed E-state index contributed by atoms with van der Waals surface area (Å²) in [6, 6.07) is 9.54. The van der Waals surface area contributed by atoms with Crippen LogP contribution in [-0.2, 0) is 16.4 Å². The van der Waals surface area contributed by atoms with Crippen LogP contribution in [0.3, 0.4) is 0 Å². The van der Waals surface area contributed by atoms with E-state index in [4.69, 9.17) is 5.14 Å². The van der Waals surface area contributed by atoms with Gasteiger partial charge in [-0.25, -0.2) is 13.6 Å². The molecule has 3 N–H and O–H groups in total. The number of rotatable bonds is 5. The lowest BCUT2D eigenvalue weighted by atomic mass is 10.1. The fraction of sp³-hybridized carbons (Fsp3) is 0.143. The summed E-state index contributed by atoms with van der Waals surface area (Å²) in [7, 11) is -3.67. The number of nitrogens with zero attached hydrogens (tertiary/aromatic N) is 1. The average Bonchev–Trinajstić information content (AvgIpc) is 2.47. The third-order valence-electron chi connectivity index (χ3n) is 2.89. The Labute approximate surface area is 135 Å². The van der Waals surface area contributed by atoms with Crippen molar-refractivity contribution in [2.75, 3.05) is 6.54 Å². The van der Waals surface area contributed by atoms with Gasteiger partial charge < -0.3 is 5.32 Å². The van der Waals surface area contributed by atoms with Gasteiger partial charge in [0.2, 0.25) is 10.0 Å². The van der Waals surface area contributed by atoms with Crippen LogP contribution in [0.25, 0.3) is 0 Å². The van der Waals surface area contributed by atoms with Crippen molar-refractivity contribution >= 4 is 28.3 Å². The fourth-order valence-electron chi connectivity index (χ4n) is 1.77. The molecule has 2 rings (SSSR count). The quantitative estimate of drug-likeness (QED) is 0.850.